The average molecular weight is 391 g/mol. The first kappa shape index (κ1) is 18.7. The number of nitrogens with one attached hydrogen (secondary N) is 3. The van der Waals surface area contributed by atoms with E-state index in [4.69, 9.17) is 0 Å². The molecule has 2 aromatic heterocycles. The van der Waals surface area contributed by atoms with Crippen LogP contribution in [0.4, 0.5) is 11.4 Å². The van der Waals surface area contributed by atoms with Crippen molar-refractivity contribution in [1.29, 1.82) is 0 Å². The van der Waals surface area contributed by atoms with Crippen molar-refractivity contribution in [2.24, 2.45) is 0 Å². The molecule has 8 nitrogen and oxygen atoms in total. The smallest absolute Gasteiger partial charge is 0.274 e. The molecule has 148 valence electrons. The second-order valence-corrected chi connectivity index (χ2v) is 6.90. The van der Waals surface area contributed by atoms with Crippen molar-refractivity contribution in [2.75, 3.05) is 29.9 Å². The van der Waals surface area contributed by atoms with Gasteiger partial charge in [0, 0.05) is 53.3 Å². The number of piperazine rings is 1. The number of hydrogen-bond acceptors (Lipinski definition) is 5. The van der Waals surface area contributed by atoms with E-state index in [0.717, 1.165) is 23.3 Å². The summed E-state index contributed by atoms with van der Waals surface area (Å²) in [6, 6.07) is 10.2. The van der Waals surface area contributed by atoms with Gasteiger partial charge < -0.3 is 20.5 Å². The maximum absolute atomic E-state index is 12.7. The lowest BCUT2D eigenvalue weighted by Crippen LogP contribution is -2.47. The molecular formula is C21H21N5O3. The minimum absolute atomic E-state index is 0.0494. The van der Waals surface area contributed by atoms with Gasteiger partial charge in [0.25, 0.3) is 5.91 Å². The summed E-state index contributed by atoms with van der Waals surface area (Å²) in [5.74, 6) is -0.430. The van der Waals surface area contributed by atoms with E-state index in [0.29, 0.717) is 24.2 Å². The van der Waals surface area contributed by atoms with Crippen LogP contribution in [0.15, 0.2) is 47.4 Å². The lowest BCUT2D eigenvalue weighted by Gasteiger charge is -2.28. The van der Waals surface area contributed by atoms with Crippen LogP contribution in [0.25, 0.3) is 10.9 Å². The fraction of sp³-hybridized carbons (Fsp3) is 0.238. The Morgan fingerprint density at radius 2 is 2.07 bits per heavy atom. The van der Waals surface area contributed by atoms with Gasteiger partial charge in [-0.1, -0.05) is 6.92 Å². The molecule has 29 heavy (non-hydrogen) atoms. The molecule has 8 heteroatoms. The van der Waals surface area contributed by atoms with Crippen LogP contribution in [0.2, 0.25) is 0 Å². The SMILES string of the molecule is CCc1cc(=O)c2cc(NC(=O)c3cc(N4CCNC(=O)C4)ccn3)ccc2[nH]1. The van der Waals surface area contributed by atoms with Crippen LogP contribution in [-0.2, 0) is 11.2 Å². The summed E-state index contributed by atoms with van der Waals surface area (Å²) in [6.07, 6.45) is 2.29. The number of carbonyl (C=O) groups is 2. The summed E-state index contributed by atoms with van der Waals surface area (Å²) < 4.78 is 0. The third kappa shape index (κ3) is 3.96. The molecule has 0 atom stereocenters. The van der Waals surface area contributed by atoms with Crippen molar-refractivity contribution in [3.05, 3.63) is 64.2 Å². The summed E-state index contributed by atoms with van der Waals surface area (Å²) in [7, 11) is 0. The van der Waals surface area contributed by atoms with E-state index in [1.54, 1.807) is 42.6 Å². The second-order valence-electron chi connectivity index (χ2n) is 6.90. The number of fused-ring (bicyclic) bond motifs is 1. The summed E-state index contributed by atoms with van der Waals surface area (Å²) in [4.78, 5) is 45.9. The maximum atomic E-state index is 12.7. The standard InChI is InChI=1S/C21H21N5O3/c1-2-13-10-19(27)16-9-14(3-4-17(16)24-13)25-21(29)18-11-15(5-6-22-18)26-8-7-23-20(28)12-26/h3-6,9-11H,2,7-8,12H2,1H3,(H,23,28)(H,24,27)(H,25,29). The average Bonchev–Trinajstić information content (AvgIpc) is 2.74. The number of carbonyl (C=O) groups excluding carboxylic acids is 2. The Bertz CT molecular complexity index is 1150. The molecule has 3 aromatic rings. The Hall–Kier alpha value is -3.68. The van der Waals surface area contributed by atoms with Crippen molar-refractivity contribution in [3.8, 4) is 0 Å². The van der Waals surface area contributed by atoms with Gasteiger partial charge in [0.15, 0.2) is 5.43 Å². The van der Waals surface area contributed by atoms with E-state index in [1.807, 2.05) is 11.8 Å². The van der Waals surface area contributed by atoms with Crippen LogP contribution in [0.3, 0.4) is 0 Å². The quantitative estimate of drug-likeness (QED) is 0.627. The minimum Gasteiger partial charge on any atom is -0.360 e. The number of aromatic nitrogens is 2. The zero-order chi connectivity index (χ0) is 20.4. The lowest BCUT2D eigenvalue weighted by atomic mass is 10.1. The molecule has 4 rings (SSSR count). The fourth-order valence-corrected chi connectivity index (χ4v) is 3.36. The highest BCUT2D eigenvalue weighted by molar-refractivity contribution is 6.04. The molecule has 3 heterocycles. The van der Waals surface area contributed by atoms with E-state index in [-0.39, 0.29) is 29.5 Å². The van der Waals surface area contributed by atoms with Crippen LogP contribution in [0.1, 0.15) is 23.1 Å². The van der Waals surface area contributed by atoms with Crippen LogP contribution < -0.4 is 21.0 Å². The lowest BCUT2D eigenvalue weighted by molar-refractivity contribution is -0.120. The first-order valence-corrected chi connectivity index (χ1v) is 9.48. The van der Waals surface area contributed by atoms with Gasteiger partial charge in [0.1, 0.15) is 5.69 Å². The van der Waals surface area contributed by atoms with E-state index in [2.05, 4.69) is 20.6 Å². The largest absolute Gasteiger partial charge is 0.360 e. The Morgan fingerprint density at radius 1 is 1.21 bits per heavy atom. The predicted molar refractivity (Wildman–Crippen MR) is 111 cm³/mol. The molecule has 0 spiro atoms. The number of anilines is 2. The zero-order valence-electron chi connectivity index (χ0n) is 16.0. The van der Waals surface area contributed by atoms with Gasteiger partial charge >= 0.3 is 0 Å². The highest BCUT2D eigenvalue weighted by atomic mass is 16.2. The number of pyridine rings is 2. The number of hydrogen-bond donors (Lipinski definition) is 3. The normalized spacial score (nSPS) is 14.0. The number of aromatic amines is 1. The van der Waals surface area contributed by atoms with Crippen LogP contribution in [-0.4, -0.2) is 41.4 Å². The first-order valence-electron chi connectivity index (χ1n) is 9.48. The summed E-state index contributed by atoms with van der Waals surface area (Å²) in [5.41, 5.74) is 3.03. The number of amides is 2. The summed E-state index contributed by atoms with van der Waals surface area (Å²) >= 11 is 0. The van der Waals surface area contributed by atoms with Crippen molar-refractivity contribution >= 4 is 34.1 Å². The van der Waals surface area contributed by atoms with Crippen molar-refractivity contribution < 1.29 is 9.59 Å². The molecular weight excluding hydrogens is 370 g/mol. The molecule has 1 aliphatic heterocycles. The molecule has 0 unspecified atom stereocenters. The second kappa shape index (κ2) is 7.75. The van der Waals surface area contributed by atoms with Gasteiger partial charge in [-0.3, -0.25) is 19.4 Å². The molecule has 2 amide bonds. The number of H-pyrrole nitrogens is 1. The van der Waals surface area contributed by atoms with Gasteiger partial charge in [0.2, 0.25) is 5.91 Å². The predicted octanol–water partition coefficient (Wildman–Crippen LogP) is 1.67. The molecule has 0 aliphatic carbocycles. The molecule has 0 bridgehead atoms. The molecule has 3 N–H and O–H groups in total. The van der Waals surface area contributed by atoms with E-state index in [9.17, 15) is 14.4 Å². The molecule has 0 radical (unpaired) electrons. The van der Waals surface area contributed by atoms with Crippen molar-refractivity contribution in [2.45, 2.75) is 13.3 Å². The zero-order valence-corrected chi connectivity index (χ0v) is 16.0. The van der Waals surface area contributed by atoms with Crippen LogP contribution in [0.5, 0.6) is 0 Å². The highest BCUT2D eigenvalue weighted by Gasteiger charge is 2.18. The van der Waals surface area contributed by atoms with Gasteiger partial charge in [-0.25, -0.2) is 0 Å². The minimum atomic E-state index is -0.380. The van der Waals surface area contributed by atoms with Crippen molar-refractivity contribution in [3.63, 3.8) is 0 Å². The van der Waals surface area contributed by atoms with E-state index < -0.39 is 0 Å². The Balaban J connectivity index is 1.56. The van der Waals surface area contributed by atoms with E-state index in [1.165, 1.54) is 0 Å². The van der Waals surface area contributed by atoms with Gasteiger partial charge in [-0.05, 0) is 36.8 Å². The molecule has 1 aromatic carbocycles. The number of rotatable bonds is 4. The molecule has 1 aliphatic rings. The Kier molecular flexibility index (Phi) is 4.99. The fourth-order valence-electron chi connectivity index (χ4n) is 3.36. The van der Waals surface area contributed by atoms with Gasteiger partial charge in [-0.15, -0.1) is 0 Å². The third-order valence-corrected chi connectivity index (χ3v) is 4.90. The highest BCUT2D eigenvalue weighted by Crippen LogP contribution is 2.19. The number of aryl methyl sites for hydroxylation is 1. The Labute approximate surface area is 167 Å². The Morgan fingerprint density at radius 3 is 2.86 bits per heavy atom. The first-order chi connectivity index (χ1) is 14.0. The maximum Gasteiger partial charge on any atom is 0.274 e. The summed E-state index contributed by atoms with van der Waals surface area (Å²) in [5, 5.41) is 6.08. The van der Waals surface area contributed by atoms with Gasteiger partial charge in [-0.2, -0.15) is 0 Å². The van der Waals surface area contributed by atoms with Crippen LogP contribution in [0, 0.1) is 0 Å². The molecule has 1 fully saturated rings. The topological polar surface area (TPSA) is 107 Å². The third-order valence-electron chi connectivity index (χ3n) is 4.90. The van der Waals surface area contributed by atoms with Gasteiger partial charge in [0.05, 0.1) is 6.54 Å². The monoisotopic (exact) mass is 391 g/mol. The van der Waals surface area contributed by atoms with E-state index >= 15 is 0 Å². The summed E-state index contributed by atoms with van der Waals surface area (Å²) in [6.45, 7) is 3.46. The number of nitrogens with zero attached hydrogens (tertiary/aromatic N) is 2. The molecule has 0 saturated carbocycles. The molecule has 1 saturated heterocycles. The van der Waals surface area contributed by atoms with Crippen LogP contribution >= 0.6 is 0 Å². The van der Waals surface area contributed by atoms with Crippen molar-refractivity contribution in [1.82, 2.24) is 15.3 Å². The number of benzene rings is 1.